The van der Waals surface area contributed by atoms with Gasteiger partial charge in [-0.25, -0.2) is 9.78 Å². The number of aryl methyl sites for hydroxylation is 2. The van der Waals surface area contributed by atoms with Gasteiger partial charge in [0.15, 0.2) is 5.82 Å². The van der Waals surface area contributed by atoms with Gasteiger partial charge in [0.05, 0.1) is 57.8 Å². The first-order chi connectivity index (χ1) is 38.4. The van der Waals surface area contributed by atoms with E-state index in [-0.39, 0.29) is 48.3 Å². The highest BCUT2D eigenvalue weighted by atomic mass is 35.5. The summed E-state index contributed by atoms with van der Waals surface area (Å²) in [6.07, 6.45) is 5.56. The highest BCUT2D eigenvalue weighted by Gasteiger charge is 2.41. The van der Waals surface area contributed by atoms with Crippen molar-refractivity contribution in [3.63, 3.8) is 0 Å². The summed E-state index contributed by atoms with van der Waals surface area (Å²) in [6, 6.07) is 12.0. The number of hydrogen-bond acceptors (Lipinski definition) is 16. The number of thiophene rings is 1. The zero-order chi connectivity index (χ0) is 57.1. The first-order valence-corrected chi connectivity index (χ1v) is 29.6. The molecule has 5 heterocycles. The van der Waals surface area contributed by atoms with Gasteiger partial charge in [-0.2, -0.15) is 0 Å². The molecule has 430 valence electrons. The van der Waals surface area contributed by atoms with Crippen LogP contribution in [-0.2, 0) is 33.3 Å². The molecule has 0 bridgehead atoms. The van der Waals surface area contributed by atoms with E-state index in [2.05, 4.69) is 34.7 Å². The van der Waals surface area contributed by atoms with Gasteiger partial charge >= 0.3 is 6.09 Å². The summed E-state index contributed by atoms with van der Waals surface area (Å²) >= 11 is 9.25. The van der Waals surface area contributed by atoms with Crippen LogP contribution >= 0.6 is 34.3 Å². The zero-order valence-electron chi connectivity index (χ0n) is 47.0. The topological polar surface area (TPSA) is 218 Å². The fraction of sp³-hybridized carbons (Fsp3) is 0.534. The lowest BCUT2D eigenvalue weighted by Gasteiger charge is -2.36. The van der Waals surface area contributed by atoms with E-state index in [0.29, 0.717) is 86.3 Å². The Morgan fingerprint density at radius 3 is 2.29 bits per heavy atom. The highest BCUT2D eigenvalue weighted by Crippen LogP contribution is 2.40. The van der Waals surface area contributed by atoms with Crippen LogP contribution in [0.25, 0.3) is 5.00 Å². The maximum atomic E-state index is 14.5. The lowest BCUT2D eigenvalue weighted by molar-refractivity contribution is -0.140. The molecular formula is C58H74ClN9O10S2. The third-order valence-corrected chi connectivity index (χ3v) is 16.9. The molecule has 0 spiro atoms. The van der Waals surface area contributed by atoms with Crippen LogP contribution in [0.2, 0.25) is 5.02 Å². The van der Waals surface area contributed by atoms with Crippen LogP contribution in [0.5, 0.6) is 5.75 Å². The average Bonchev–Trinajstić information content (AvgIpc) is 4.41. The molecule has 2 fully saturated rings. The van der Waals surface area contributed by atoms with Gasteiger partial charge in [-0.1, -0.05) is 55.1 Å². The molecule has 2 aliphatic heterocycles. The number of rotatable bonds is 24. The predicted octanol–water partition coefficient (Wildman–Crippen LogP) is 9.11. The van der Waals surface area contributed by atoms with E-state index in [1.165, 1.54) is 28.2 Å². The summed E-state index contributed by atoms with van der Waals surface area (Å²) in [5, 5.41) is 18.9. The zero-order valence-corrected chi connectivity index (χ0v) is 49.4. The number of halogens is 1. The van der Waals surface area contributed by atoms with Gasteiger partial charge in [-0.3, -0.25) is 33.6 Å². The first kappa shape index (κ1) is 60.0. The quantitative estimate of drug-likeness (QED) is 0.0436. The molecule has 0 unspecified atom stereocenters. The minimum atomic E-state index is -0.866. The number of benzene rings is 2. The van der Waals surface area contributed by atoms with Crippen molar-refractivity contribution in [2.24, 2.45) is 10.9 Å². The third kappa shape index (κ3) is 15.1. The fourth-order valence-corrected chi connectivity index (χ4v) is 12.4. The summed E-state index contributed by atoms with van der Waals surface area (Å²) in [5.41, 5.74) is 3.80. The van der Waals surface area contributed by atoms with Gasteiger partial charge in [0, 0.05) is 52.1 Å². The van der Waals surface area contributed by atoms with Crippen molar-refractivity contribution in [3.8, 4) is 10.8 Å². The number of carbonyl (C=O) groups is 5. The van der Waals surface area contributed by atoms with Crippen molar-refractivity contribution < 1.29 is 47.7 Å². The Bertz CT molecular complexity index is 3000. The van der Waals surface area contributed by atoms with Crippen LogP contribution in [0.4, 0.5) is 4.79 Å². The third-order valence-electron chi connectivity index (χ3n) is 14.5. The Labute approximate surface area is 481 Å². The summed E-state index contributed by atoms with van der Waals surface area (Å²) in [7, 11) is 1.52. The maximum Gasteiger partial charge on any atom is 0.410 e. The van der Waals surface area contributed by atoms with Gasteiger partial charge < -0.3 is 39.2 Å². The molecule has 4 atom stereocenters. The first-order valence-electron chi connectivity index (χ1n) is 27.5. The molecule has 3 aliphatic rings. The average molecular weight is 1160 g/mol. The second kappa shape index (κ2) is 27.6. The summed E-state index contributed by atoms with van der Waals surface area (Å²) in [4.78, 5) is 82.3. The number of thiazole rings is 1. The number of amides is 4. The number of ether oxygens (including phenoxy) is 5. The van der Waals surface area contributed by atoms with Gasteiger partial charge in [-0.15, -0.1) is 32.9 Å². The van der Waals surface area contributed by atoms with Crippen molar-refractivity contribution in [2.45, 2.75) is 130 Å². The van der Waals surface area contributed by atoms with Crippen molar-refractivity contribution in [3.05, 3.63) is 108 Å². The van der Waals surface area contributed by atoms with Gasteiger partial charge in [0.2, 0.25) is 23.5 Å². The van der Waals surface area contributed by atoms with E-state index < -0.39 is 35.7 Å². The Morgan fingerprint density at radius 1 is 0.875 bits per heavy atom. The predicted molar refractivity (Wildman–Crippen MR) is 306 cm³/mol. The molecule has 1 aliphatic carbocycles. The summed E-state index contributed by atoms with van der Waals surface area (Å²) < 4.78 is 30.5. The summed E-state index contributed by atoms with van der Waals surface area (Å²) in [5.74, 6) is 0.785. The van der Waals surface area contributed by atoms with E-state index >= 15 is 0 Å². The van der Waals surface area contributed by atoms with Crippen molar-refractivity contribution in [1.82, 2.24) is 40.2 Å². The molecule has 22 heteroatoms. The Balaban J connectivity index is 0.729. The van der Waals surface area contributed by atoms with E-state index in [4.69, 9.17) is 45.3 Å². The van der Waals surface area contributed by atoms with Crippen molar-refractivity contribution in [2.75, 3.05) is 66.4 Å². The minimum Gasteiger partial charge on any atom is -0.491 e. The lowest BCUT2D eigenvalue weighted by Crippen LogP contribution is -2.56. The number of aromatic nitrogens is 4. The van der Waals surface area contributed by atoms with E-state index in [1.807, 2.05) is 40.7 Å². The molecule has 0 radical (unpaired) electrons. The molecule has 1 saturated carbocycles. The van der Waals surface area contributed by atoms with Crippen molar-refractivity contribution >= 4 is 69.6 Å². The fourth-order valence-electron chi connectivity index (χ4n) is 10.1. The number of aliphatic imine (C=N–C) groups is 1. The Kier molecular flexibility index (Phi) is 20.7. The molecule has 2 aromatic carbocycles. The van der Waals surface area contributed by atoms with E-state index in [0.717, 1.165) is 71.8 Å². The lowest BCUT2D eigenvalue weighted by atomic mass is 9.83. The molecule has 5 aromatic rings. The van der Waals surface area contributed by atoms with Crippen LogP contribution in [0.1, 0.15) is 145 Å². The van der Waals surface area contributed by atoms with Gasteiger partial charge in [0.1, 0.15) is 57.6 Å². The number of carbonyl (C=O) groups excluding carboxylic acids is 5. The molecule has 80 heavy (non-hydrogen) atoms. The molecule has 8 rings (SSSR count). The Hall–Kier alpha value is -6.10. The monoisotopic (exact) mass is 1160 g/mol. The highest BCUT2D eigenvalue weighted by molar-refractivity contribution is 7.15. The normalized spacial score (nSPS) is 17.2. The number of nitrogens with one attached hydrogen (secondary N) is 2. The van der Waals surface area contributed by atoms with E-state index in [1.54, 1.807) is 68.7 Å². The second-order valence-electron chi connectivity index (χ2n) is 21.4. The number of hydrogen-bond donors (Lipinski definition) is 2. The number of fused-ring (bicyclic) bond motifs is 3. The summed E-state index contributed by atoms with van der Waals surface area (Å²) in [6.45, 7) is 16.1. The molecule has 2 N–H and O–H groups in total. The van der Waals surface area contributed by atoms with E-state index in [9.17, 15) is 24.0 Å². The second-order valence-corrected chi connectivity index (χ2v) is 23.9. The smallest absolute Gasteiger partial charge is 0.410 e. The van der Waals surface area contributed by atoms with Crippen LogP contribution in [-0.4, -0.2) is 149 Å². The number of ketones is 1. The van der Waals surface area contributed by atoms with Crippen LogP contribution in [0.15, 0.2) is 58.9 Å². The van der Waals surface area contributed by atoms with Crippen LogP contribution in [0, 0.1) is 26.7 Å². The van der Waals surface area contributed by atoms with Gasteiger partial charge in [-0.05, 0) is 110 Å². The number of nitrogens with zero attached hydrogens (tertiary/aromatic N) is 7. The largest absolute Gasteiger partial charge is 0.491 e. The maximum absolute atomic E-state index is 14.5. The number of likely N-dealkylation sites (N-methyl/N-ethyl adjacent to an activating group) is 1. The Morgan fingerprint density at radius 2 is 1.57 bits per heavy atom. The SMILES string of the molecule is Cc1sc2c(c1C)C(c1ccc(Cl)cc1)=N[C@@H](CC(=O)NCCOCCOCCOCCOc1cccc(C(=O)c3csc([C@@H]4CCCN4C(=O)[C@@H](NC(=O)[C@H](C)N(C)C(=O)OC(C)(C)C)C4CCCCC4)n3)c1)c1nnc(C)n1-2. The molecule has 19 nitrogen and oxygen atoms in total. The van der Waals surface area contributed by atoms with Crippen LogP contribution in [0.3, 0.4) is 0 Å². The minimum absolute atomic E-state index is 0.0400. The molecule has 3 aromatic heterocycles. The van der Waals surface area contributed by atoms with Gasteiger partial charge in [0.25, 0.3) is 0 Å². The standard InChI is InChI=1S/C58H74ClN9O10S2/c1-35-37(3)80-56-48(35)49(40-19-21-42(59)22-20-40)61-44(52-65-64-38(4)68(52)56)33-47(69)60-23-25-74-26-27-75-28-29-76-30-31-77-43-17-12-16-41(32-43)51(70)45-34-79-54(62-45)46-18-13-24-67(46)55(72)50(39-14-10-9-11-15-39)63-53(71)36(2)66(8)57(73)78-58(5,6)7/h12,16-17,19-22,32,34,36,39,44,46,50H,9-11,13-15,18,23-31,33H2,1-8H3,(H,60,69)(H,63,71)/t36-,44-,46-,50-/m0/s1. The number of likely N-dealkylation sites (tertiary alicyclic amines) is 1. The molecule has 1 saturated heterocycles. The van der Waals surface area contributed by atoms with Crippen molar-refractivity contribution in [1.29, 1.82) is 0 Å². The van der Waals surface area contributed by atoms with Crippen LogP contribution < -0.4 is 15.4 Å². The molecular weight excluding hydrogens is 1080 g/mol. The molecule has 4 amide bonds.